The summed E-state index contributed by atoms with van der Waals surface area (Å²) in [7, 11) is 0. The van der Waals surface area contributed by atoms with Crippen LogP contribution in [-0.2, 0) is 4.74 Å². The van der Waals surface area contributed by atoms with Crippen molar-refractivity contribution in [3.63, 3.8) is 0 Å². The summed E-state index contributed by atoms with van der Waals surface area (Å²) in [6.45, 7) is 3.77. The molecule has 3 aromatic rings. The van der Waals surface area contributed by atoms with E-state index >= 15 is 0 Å². The van der Waals surface area contributed by atoms with Gasteiger partial charge in [-0.1, -0.05) is 11.6 Å². The number of nitrogens with one attached hydrogen (secondary N) is 1. The average molecular weight is 465 g/mol. The van der Waals surface area contributed by atoms with Gasteiger partial charge in [-0.3, -0.25) is 0 Å². The molecular formula is C24H25ClN6O2. The number of amides is 1. The predicted molar refractivity (Wildman–Crippen MR) is 126 cm³/mol. The lowest BCUT2D eigenvalue weighted by Crippen LogP contribution is -2.47. The maximum atomic E-state index is 12.6. The normalized spacial score (nSPS) is 21.9. The lowest BCUT2D eigenvalue weighted by Gasteiger charge is -2.39. The van der Waals surface area contributed by atoms with Crippen molar-refractivity contribution in [1.82, 2.24) is 19.4 Å². The lowest BCUT2D eigenvalue weighted by molar-refractivity contribution is 0.0418. The number of benzene rings is 1. The van der Waals surface area contributed by atoms with Gasteiger partial charge in [-0.05, 0) is 63.8 Å². The van der Waals surface area contributed by atoms with E-state index < -0.39 is 0 Å². The summed E-state index contributed by atoms with van der Waals surface area (Å²) in [5.74, 6) is 0.659. The number of nitrogens with zero attached hydrogens (tertiary/aromatic N) is 5. The number of piperidine rings is 1. The maximum absolute atomic E-state index is 12.6. The summed E-state index contributed by atoms with van der Waals surface area (Å²) in [4.78, 5) is 23.5. The first-order valence-corrected chi connectivity index (χ1v) is 11.6. The third kappa shape index (κ3) is 3.98. The molecule has 1 amide bonds. The zero-order chi connectivity index (χ0) is 23.1. The quantitative estimate of drug-likeness (QED) is 0.554. The number of ether oxygens (including phenoxy) is 1. The molecular weight excluding hydrogens is 440 g/mol. The van der Waals surface area contributed by atoms with E-state index in [0.29, 0.717) is 22.1 Å². The van der Waals surface area contributed by atoms with Crippen LogP contribution in [0.5, 0.6) is 0 Å². The van der Waals surface area contributed by atoms with E-state index in [-0.39, 0.29) is 30.3 Å². The first kappa shape index (κ1) is 21.5. The van der Waals surface area contributed by atoms with Crippen molar-refractivity contribution in [2.24, 2.45) is 0 Å². The summed E-state index contributed by atoms with van der Waals surface area (Å²) >= 11 is 6.34. The van der Waals surface area contributed by atoms with Gasteiger partial charge in [0.25, 0.3) is 0 Å². The highest BCUT2D eigenvalue weighted by atomic mass is 35.5. The van der Waals surface area contributed by atoms with Crippen molar-refractivity contribution < 1.29 is 9.53 Å². The second-order valence-corrected chi connectivity index (χ2v) is 9.37. The summed E-state index contributed by atoms with van der Waals surface area (Å²) in [5, 5.41) is 13.7. The van der Waals surface area contributed by atoms with Gasteiger partial charge >= 0.3 is 6.09 Å². The number of aromatic nitrogens is 3. The molecule has 0 aliphatic carbocycles. The Kier molecular flexibility index (Phi) is 5.59. The lowest BCUT2D eigenvalue weighted by atomic mass is 9.97. The van der Waals surface area contributed by atoms with Crippen molar-refractivity contribution in [3.05, 3.63) is 47.4 Å². The largest absolute Gasteiger partial charge is 0.447 e. The fourth-order valence-electron chi connectivity index (χ4n) is 5.11. The highest BCUT2D eigenvalue weighted by Crippen LogP contribution is 2.42. The Morgan fingerprint density at radius 3 is 2.64 bits per heavy atom. The van der Waals surface area contributed by atoms with Gasteiger partial charge in [0.15, 0.2) is 0 Å². The minimum absolute atomic E-state index is 0.116. The number of halogens is 1. The fraction of sp³-hybridized carbons (Fsp3) is 0.417. The second-order valence-electron chi connectivity index (χ2n) is 8.96. The highest BCUT2D eigenvalue weighted by Gasteiger charge is 2.45. The van der Waals surface area contributed by atoms with E-state index in [1.54, 1.807) is 24.5 Å². The molecule has 2 aromatic heterocycles. The van der Waals surface area contributed by atoms with Crippen LogP contribution in [0.15, 0.2) is 36.8 Å². The second kappa shape index (κ2) is 8.56. The van der Waals surface area contributed by atoms with E-state index in [2.05, 4.69) is 32.1 Å². The molecule has 4 heterocycles. The SMILES string of the molecule is CC(C)OC(=O)N1C2CCC1CC(n1ccc3c(Nc4ccc(C#N)cc4Cl)ncnc31)C2. The number of fused-ring (bicyclic) bond motifs is 3. The molecule has 1 N–H and O–H groups in total. The van der Waals surface area contributed by atoms with Crippen molar-refractivity contribution in [2.45, 2.75) is 63.8 Å². The van der Waals surface area contributed by atoms with Gasteiger partial charge < -0.3 is 19.5 Å². The van der Waals surface area contributed by atoms with Gasteiger partial charge in [0.2, 0.25) is 0 Å². The number of carbonyl (C=O) groups is 1. The Hall–Kier alpha value is -3.31. The fourth-order valence-corrected chi connectivity index (χ4v) is 5.34. The van der Waals surface area contributed by atoms with E-state index in [1.165, 1.54) is 0 Å². The molecule has 9 heteroatoms. The Labute approximate surface area is 197 Å². The topological polar surface area (TPSA) is 96.1 Å². The number of nitriles is 1. The van der Waals surface area contributed by atoms with Crippen molar-refractivity contribution in [3.8, 4) is 6.07 Å². The molecule has 8 nitrogen and oxygen atoms in total. The monoisotopic (exact) mass is 464 g/mol. The Morgan fingerprint density at radius 2 is 1.97 bits per heavy atom. The molecule has 0 spiro atoms. The summed E-state index contributed by atoms with van der Waals surface area (Å²) in [5.41, 5.74) is 2.03. The average Bonchev–Trinajstić information content (AvgIpc) is 3.34. The van der Waals surface area contributed by atoms with Gasteiger partial charge in [-0.25, -0.2) is 14.8 Å². The number of rotatable bonds is 4. The Morgan fingerprint density at radius 1 is 1.21 bits per heavy atom. The Bertz CT molecular complexity index is 1240. The summed E-state index contributed by atoms with van der Waals surface area (Å²) in [6.07, 6.45) is 7.05. The first-order chi connectivity index (χ1) is 15.9. The minimum atomic E-state index is -0.193. The molecule has 1 aromatic carbocycles. The third-order valence-electron chi connectivity index (χ3n) is 6.51. The zero-order valence-corrected chi connectivity index (χ0v) is 19.3. The highest BCUT2D eigenvalue weighted by molar-refractivity contribution is 6.33. The molecule has 0 radical (unpaired) electrons. The van der Waals surface area contributed by atoms with Crippen molar-refractivity contribution >= 4 is 40.2 Å². The van der Waals surface area contributed by atoms with Gasteiger partial charge in [0.05, 0.1) is 33.8 Å². The van der Waals surface area contributed by atoms with Crippen molar-refractivity contribution in [2.75, 3.05) is 5.32 Å². The molecule has 2 saturated heterocycles. The zero-order valence-electron chi connectivity index (χ0n) is 18.5. The molecule has 0 saturated carbocycles. The minimum Gasteiger partial charge on any atom is -0.447 e. The molecule has 2 fully saturated rings. The number of hydrogen-bond acceptors (Lipinski definition) is 6. The van der Waals surface area contributed by atoms with Crippen LogP contribution >= 0.6 is 11.6 Å². The van der Waals surface area contributed by atoms with Crippen LogP contribution in [0.3, 0.4) is 0 Å². The first-order valence-electron chi connectivity index (χ1n) is 11.2. The summed E-state index contributed by atoms with van der Waals surface area (Å²) in [6, 6.07) is 9.84. The van der Waals surface area contributed by atoms with Crippen LogP contribution in [0.2, 0.25) is 5.02 Å². The molecule has 170 valence electrons. The van der Waals surface area contributed by atoms with Gasteiger partial charge in [-0.15, -0.1) is 0 Å². The molecule has 2 aliphatic heterocycles. The third-order valence-corrected chi connectivity index (χ3v) is 6.82. The number of carbonyl (C=O) groups excluding carboxylic acids is 1. The van der Waals surface area contributed by atoms with Crippen LogP contribution in [0.1, 0.15) is 51.1 Å². The van der Waals surface area contributed by atoms with Crippen LogP contribution in [0.4, 0.5) is 16.3 Å². The molecule has 2 unspecified atom stereocenters. The molecule has 5 rings (SSSR count). The predicted octanol–water partition coefficient (Wildman–Crippen LogP) is 5.41. The van der Waals surface area contributed by atoms with Crippen LogP contribution in [0.25, 0.3) is 11.0 Å². The van der Waals surface area contributed by atoms with Crippen LogP contribution in [-0.4, -0.2) is 43.7 Å². The van der Waals surface area contributed by atoms with Gasteiger partial charge in [0.1, 0.15) is 17.8 Å². The van der Waals surface area contributed by atoms with Crippen LogP contribution < -0.4 is 5.32 Å². The molecule has 2 bridgehead atoms. The van der Waals surface area contributed by atoms with E-state index in [1.807, 2.05) is 24.8 Å². The van der Waals surface area contributed by atoms with Gasteiger partial charge in [0, 0.05) is 24.3 Å². The Balaban J connectivity index is 1.39. The number of anilines is 2. The van der Waals surface area contributed by atoms with Crippen molar-refractivity contribution in [1.29, 1.82) is 5.26 Å². The van der Waals surface area contributed by atoms with E-state index in [4.69, 9.17) is 21.6 Å². The standard InChI is InChI=1S/C24H25ClN6O2/c1-14(2)33-24(32)31-16-4-5-17(31)11-18(10-16)30-8-7-19-22(27-13-28-23(19)30)29-21-6-3-15(12-26)9-20(21)25/h3,6-9,13-14,16-18H,4-5,10-11H2,1-2H3,(H,27,28,29). The van der Waals surface area contributed by atoms with Crippen LogP contribution in [0, 0.1) is 11.3 Å². The van der Waals surface area contributed by atoms with Gasteiger partial charge in [-0.2, -0.15) is 5.26 Å². The summed E-state index contributed by atoms with van der Waals surface area (Å²) < 4.78 is 7.69. The smallest absolute Gasteiger partial charge is 0.410 e. The van der Waals surface area contributed by atoms with E-state index in [9.17, 15) is 4.79 Å². The molecule has 2 aliphatic rings. The molecule has 33 heavy (non-hydrogen) atoms. The maximum Gasteiger partial charge on any atom is 0.410 e. The number of hydrogen-bond donors (Lipinski definition) is 1. The van der Waals surface area contributed by atoms with E-state index in [0.717, 1.165) is 36.7 Å². The molecule has 2 atom stereocenters.